The van der Waals surface area contributed by atoms with Crippen molar-refractivity contribution in [2.45, 2.75) is 6.92 Å². The molecule has 1 aliphatic rings. The molecule has 0 atom stereocenters. The maximum atomic E-state index is 12.2. The monoisotopic (exact) mass is 474 g/mol. The van der Waals surface area contributed by atoms with E-state index in [0.29, 0.717) is 10.1 Å². The maximum Gasteiger partial charge on any atom is 0.264 e. The highest BCUT2D eigenvalue weighted by Gasteiger charge is 2.23. The summed E-state index contributed by atoms with van der Waals surface area (Å²) in [6.45, 7) is 2.25. The molecule has 2 aromatic carbocycles. The third-order valence-corrected chi connectivity index (χ3v) is 5.23. The average Bonchev–Trinajstić information content (AvgIpc) is 2.95. The Kier molecular flexibility index (Phi) is 6.01. The number of aliphatic imine (C=N–C) groups is 1. The number of amides is 1. The van der Waals surface area contributed by atoms with Gasteiger partial charge in [0, 0.05) is 0 Å². The number of aryl methyl sites for hydroxylation is 1. The van der Waals surface area contributed by atoms with Crippen LogP contribution in [0.3, 0.4) is 0 Å². The highest BCUT2D eigenvalue weighted by atomic mass is 127. The van der Waals surface area contributed by atoms with Gasteiger partial charge in [0.05, 0.1) is 14.2 Å². The third-order valence-electron chi connectivity index (χ3n) is 3.48. The summed E-state index contributed by atoms with van der Waals surface area (Å²) in [6.07, 6.45) is 7.05. The van der Waals surface area contributed by atoms with Crippen LogP contribution in [0.1, 0.15) is 11.1 Å². The molecule has 0 aliphatic carbocycles. The predicted octanol–water partition coefficient (Wildman–Crippen LogP) is 4.50. The van der Waals surface area contributed by atoms with Gasteiger partial charge in [-0.15, -0.1) is 6.42 Å². The molecule has 0 bridgehead atoms. The van der Waals surface area contributed by atoms with Crippen LogP contribution in [0.2, 0.25) is 0 Å². The smallest absolute Gasteiger partial charge is 0.264 e. The number of hydrogen-bond acceptors (Lipinski definition) is 4. The summed E-state index contributed by atoms with van der Waals surface area (Å²) < 4.78 is 6.39. The molecule has 3 rings (SSSR count). The summed E-state index contributed by atoms with van der Waals surface area (Å²) in [5.74, 6) is 3.03. The van der Waals surface area contributed by atoms with E-state index in [-0.39, 0.29) is 12.5 Å². The number of halogens is 1. The number of rotatable bonds is 4. The van der Waals surface area contributed by atoms with Crippen LogP contribution in [0.4, 0.5) is 5.69 Å². The first-order valence-electron chi connectivity index (χ1n) is 7.77. The van der Waals surface area contributed by atoms with Crippen molar-refractivity contribution in [3.8, 4) is 18.1 Å². The van der Waals surface area contributed by atoms with Crippen molar-refractivity contribution in [2.24, 2.45) is 4.99 Å². The number of carbonyl (C=O) groups excluding carboxylic acids is 1. The molecule has 1 amide bonds. The van der Waals surface area contributed by atoms with E-state index in [2.05, 4.69) is 38.8 Å². The van der Waals surface area contributed by atoms with E-state index in [1.165, 1.54) is 17.3 Å². The normalized spacial score (nSPS) is 16.6. The molecule has 0 spiro atoms. The Morgan fingerprint density at radius 1 is 1.31 bits per heavy atom. The summed E-state index contributed by atoms with van der Waals surface area (Å²) in [6, 6.07) is 13.5. The van der Waals surface area contributed by atoms with Crippen molar-refractivity contribution >= 4 is 57.2 Å². The lowest BCUT2D eigenvalue weighted by atomic mass is 10.2. The standard InChI is InChI=1S/C20H15IN2O2S/c1-3-10-25-17-9-6-14(11-16(17)21)12-18-19(24)23-20(26-18)22-15-7-4-13(2)5-8-15/h1,4-9,11-12H,10H2,2H3,(H,22,23,24)/b18-12+. The van der Waals surface area contributed by atoms with Gasteiger partial charge >= 0.3 is 0 Å². The van der Waals surface area contributed by atoms with Gasteiger partial charge in [-0.1, -0.05) is 29.7 Å². The zero-order valence-corrected chi connectivity index (χ0v) is 16.9. The Balaban J connectivity index is 1.77. The molecule has 4 nitrogen and oxygen atoms in total. The second-order valence-corrected chi connectivity index (χ2v) is 7.69. The Morgan fingerprint density at radius 2 is 2.08 bits per heavy atom. The molecule has 0 aromatic heterocycles. The van der Waals surface area contributed by atoms with Gasteiger partial charge in [-0.3, -0.25) is 4.79 Å². The van der Waals surface area contributed by atoms with Crippen LogP contribution in [0.15, 0.2) is 52.4 Å². The van der Waals surface area contributed by atoms with E-state index in [1.54, 1.807) is 0 Å². The van der Waals surface area contributed by atoms with Gasteiger partial charge in [-0.05, 0) is 77.2 Å². The number of hydrogen-bond donors (Lipinski definition) is 1. The van der Waals surface area contributed by atoms with Crippen molar-refractivity contribution < 1.29 is 9.53 Å². The van der Waals surface area contributed by atoms with Crippen LogP contribution in [0.5, 0.6) is 5.75 Å². The Morgan fingerprint density at radius 3 is 2.77 bits per heavy atom. The summed E-state index contributed by atoms with van der Waals surface area (Å²) in [7, 11) is 0. The van der Waals surface area contributed by atoms with E-state index in [4.69, 9.17) is 11.2 Å². The van der Waals surface area contributed by atoms with Crippen LogP contribution in [0.25, 0.3) is 6.08 Å². The molecule has 2 aromatic rings. The molecular weight excluding hydrogens is 459 g/mol. The molecule has 1 fully saturated rings. The fraction of sp³-hybridized carbons (Fsp3) is 0.100. The molecule has 0 unspecified atom stereocenters. The lowest BCUT2D eigenvalue weighted by Crippen LogP contribution is -2.19. The highest BCUT2D eigenvalue weighted by molar-refractivity contribution is 14.1. The minimum Gasteiger partial charge on any atom is -0.480 e. The van der Waals surface area contributed by atoms with Gasteiger partial charge in [-0.25, -0.2) is 4.99 Å². The van der Waals surface area contributed by atoms with E-state index in [1.807, 2.05) is 55.5 Å². The van der Waals surface area contributed by atoms with Gasteiger partial charge in [0.15, 0.2) is 5.17 Å². The molecule has 26 heavy (non-hydrogen) atoms. The first-order valence-corrected chi connectivity index (χ1v) is 9.67. The number of benzene rings is 2. The van der Waals surface area contributed by atoms with Crippen LogP contribution in [0, 0.1) is 22.8 Å². The second-order valence-electron chi connectivity index (χ2n) is 5.50. The molecule has 1 aliphatic heterocycles. The number of amidine groups is 1. The van der Waals surface area contributed by atoms with Gasteiger partial charge in [-0.2, -0.15) is 0 Å². The maximum absolute atomic E-state index is 12.2. The van der Waals surface area contributed by atoms with E-state index < -0.39 is 0 Å². The number of nitrogens with one attached hydrogen (secondary N) is 1. The molecule has 1 N–H and O–H groups in total. The van der Waals surface area contributed by atoms with E-state index in [9.17, 15) is 4.79 Å². The topological polar surface area (TPSA) is 50.7 Å². The minimum absolute atomic E-state index is 0.150. The van der Waals surface area contributed by atoms with Gasteiger partial charge in [0.1, 0.15) is 12.4 Å². The zero-order valence-electron chi connectivity index (χ0n) is 14.0. The SMILES string of the molecule is C#CCOc1ccc(/C=C2/SC(=Nc3ccc(C)cc3)NC2=O)cc1I. The first kappa shape index (κ1) is 18.5. The number of terminal acetylenes is 1. The average molecular weight is 474 g/mol. The lowest BCUT2D eigenvalue weighted by molar-refractivity contribution is -0.115. The number of thioether (sulfide) groups is 1. The Hall–Kier alpha value is -2.24. The lowest BCUT2D eigenvalue weighted by Gasteiger charge is -2.05. The van der Waals surface area contributed by atoms with Crippen LogP contribution < -0.4 is 10.1 Å². The molecule has 1 heterocycles. The zero-order chi connectivity index (χ0) is 18.5. The van der Waals surface area contributed by atoms with Crippen LogP contribution in [-0.2, 0) is 4.79 Å². The summed E-state index contributed by atoms with van der Waals surface area (Å²) in [4.78, 5) is 17.3. The number of carbonyl (C=O) groups is 1. The van der Waals surface area contributed by atoms with Crippen LogP contribution >= 0.6 is 34.4 Å². The summed E-state index contributed by atoms with van der Waals surface area (Å²) in [5.41, 5.74) is 2.89. The third kappa shape index (κ3) is 4.68. The first-order chi connectivity index (χ1) is 12.5. The largest absolute Gasteiger partial charge is 0.480 e. The van der Waals surface area contributed by atoms with Gasteiger partial charge in [0.2, 0.25) is 0 Å². The fourth-order valence-corrected chi connectivity index (χ4v) is 3.75. The second kappa shape index (κ2) is 8.43. The van der Waals surface area contributed by atoms with Crippen molar-refractivity contribution in [1.29, 1.82) is 0 Å². The Labute approximate surface area is 170 Å². The quantitative estimate of drug-likeness (QED) is 0.404. The number of nitrogens with zero attached hydrogens (tertiary/aromatic N) is 1. The Bertz CT molecular complexity index is 943. The van der Waals surface area contributed by atoms with Crippen molar-refractivity contribution in [3.05, 3.63) is 62.1 Å². The molecule has 130 valence electrons. The predicted molar refractivity (Wildman–Crippen MR) is 115 cm³/mol. The molecule has 1 saturated heterocycles. The van der Waals surface area contributed by atoms with E-state index in [0.717, 1.165) is 20.6 Å². The van der Waals surface area contributed by atoms with Crippen molar-refractivity contribution in [1.82, 2.24) is 5.32 Å². The van der Waals surface area contributed by atoms with Gasteiger partial charge in [0.25, 0.3) is 5.91 Å². The highest BCUT2D eigenvalue weighted by Crippen LogP contribution is 2.29. The summed E-state index contributed by atoms with van der Waals surface area (Å²) in [5, 5.41) is 3.38. The van der Waals surface area contributed by atoms with E-state index >= 15 is 0 Å². The van der Waals surface area contributed by atoms with Gasteiger partial charge < -0.3 is 10.1 Å². The fourth-order valence-electron chi connectivity index (χ4n) is 2.21. The molecular formula is C20H15IN2O2S. The summed E-state index contributed by atoms with van der Waals surface area (Å²) >= 11 is 3.51. The molecule has 0 saturated carbocycles. The number of ether oxygens (including phenoxy) is 1. The van der Waals surface area contributed by atoms with Crippen molar-refractivity contribution in [2.75, 3.05) is 6.61 Å². The van der Waals surface area contributed by atoms with Crippen molar-refractivity contribution in [3.63, 3.8) is 0 Å². The minimum atomic E-state index is -0.150. The molecule has 6 heteroatoms. The van der Waals surface area contributed by atoms with Crippen LogP contribution in [-0.4, -0.2) is 17.7 Å². The molecule has 0 radical (unpaired) electrons.